The molecular weight excluding hydrogens is 197 g/mol. The molecule has 12 heavy (non-hydrogen) atoms. The lowest BCUT2D eigenvalue weighted by Crippen LogP contribution is -2.03. The summed E-state index contributed by atoms with van der Waals surface area (Å²) in [5.41, 5.74) is 0.683. The number of epoxide rings is 1. The predicted octanol–water partition coefficient (Wildman–Crippen LogP) is 2.63. The van der Waals surface area contributed by atoms with Crippen molar-refractivity contribution in [2.45, 2.75) is 12.5 Å². The van der Waals surface area contributed by atoms with Crippen LogP contribution in [0.4, 0.5) is 0 Å². The van der Waals surface area contributed by atoms with Gasteiger partial charge < -0.3 is 4.74 Å². The van der Waals surface area contributed by atoms with Gasteiger partial charge >= 0.3 is 0 Å². The number of halogens is 2. The van der Waals surface area contributed by atoms with Gasteiger partial charge in [0.05, 0.1) is 6.61 Å². The summed E-state index contributed by atoms with van der Waals surface area (Å²) in [4.78, 5) is 3.93. The minimum Gasteiger partial charge on any atom is -0.365 e. The fourth-order valence-corrected chi connectivity index (χ4v) is 1.62. The lowest BCUT2D eigenvalue weighted by atomic mass is 10.1. The first-order valence-corrected chi connectivity index (χ1v) is 4.34. The number of hydrogen-bond donors (Lipinski definition) is 0. The monoisotopic (exact) mass is 203 g/mol. The molecule has 0 spiro atoms. The SMILES string of the molecule is CC1(c2ccc(Cl)nc2Cl)CO1. The molecule has 1 atom stereocenters. The molecule has 0 saturated carbocycles. The summed E-state index contributed by atoms with van der Waals surface area (Å²) in [6, 6.07) is 3.57. The van der Waals surface area contributed by atoms with Crippen molar-refractivity contribution < 1.29 is 4.74 Å². The molecule has 1 aliphatic heterocycles. The third kappa shape index (κ3) is 1.30. The number of pyridine rings is 1. The van der Waals surface area contributed by atoms with Gasteiger partial charge in [0.2, 0.25) is 0 Å². The first-order chi connectivity index (χ1) is 5.62. The zero-order valence-corrected chi connectivity index (χ0v) is 7.99. The van der Waals surface area contributed by atoms with Gasteiger partial charge in [0, 0.05) is 5.56 Å². The summed E-state index contributed by atoms with van der Waals surface area (Å²) < 4.78 is 5.24. The Morgan fingerprint density at radius 1 is 1.50 bits per heavy atom. The van der Waals surface area contributed by atoms with E-state index in [4.69, 9.17) is 27.9 Å². The van der Waals surface area contributed by atoms with E-state index in [0.29, 0.717) is 16.9 Å². The van der Waals surface area contributed by atoms with Crippen molar-refractivity contribution in [3.05, 3.63) is 28.0 Å². The lowest BCUT2D eigenvalue weighted by Gasteiger charge is -2.06. The molecule has 2 rings (SSSR count). The highest BCUT2D eigenvalue weighted by Gasteiger charge is 2.43. The smallest absolute Gasteiger partial charge is 0.136 e. The average molecular weight is 204 g/mol. The van der Waals surface area contributed by atoms with Gasteiger partial charge in [-0.1, -0.05) is 23.2 Å². The van der Waals surface area contributed by atoms with Gasteiger partial charge in [-0.15, -0.1) is 0 Å². The molecule has 0 aromatic carbocycles. The molecule has 2 heterocycles. The maximum Gasteiger partial charge on any atom is 0.136 e. The van der Waals surface area contributed by atoms with E-state index in [0.717, 1.165) is 5.56 Å². The van der Waals surface area contributed by atoms with Crippen LogP contribution in [0.5, 0.6) is 0 Å². The number of hydrogen-bond acceptors (Lipinski definition) is 2. The van der Waals surface area contributed by atoms with E-state index in [1.165, 1.54) is 0 Å². The Kier molecular flexibility index (Phi) is 1.79. The van der Waals surface area contributed by atoms with Gasteiger partial charge in [-0.25, -0.2) is 4.98 Å². The maximum atomic E-state index is 5.88. The van der Waals surface area contributed by atoms with E-state index in [1.54, 1.807) is 6.07 Å². The summed E-state index contributed by atoms with van der Waals surface area (Å²) in [6.07, 6.45) is 0. The second-order valence-corrected chi connectivity index (χ2v) is 3.74. The van der Waals surface area contributed by atoms with Gasteiger partial charge in [-0.2, -0.15) is 0 Å². The Morgan fingerprint density at radius 3 is 2.67 bits per heavy atom. The van der Waals surface area contributed by atoms with Crippen molar-refractivity contribution >= 4 is 23.2 Å². The minimum absolute atomic E-state index is 0.228. The Hall–Kier alpha value is -0.310. The molecule has 1 unspecified atom stereocenters. The molecule has 0 bridgehead atoms. The normalized spacial score (nSPS) is 27.2. The standard InChI is InChI=1S/C8H7Cl2NO/c1-8(4-12-8)5-2-3-6(9)11-7(5)10/h2-3H,4H2,1H3. The fourth-order valence-electron chi connectivity index (χ4n) is 1.07. The minimum atomic E-state index is -0.228. The van der Waals surface area contributed by atoms with Crippen LogP contribution in [0.2, 0.25) is 10.3 Å². The van der Waals surface area contributed by atoms with Crippen LogP contribution in [0.1, 0.15) is 12.5 Å². The quantitative estimate of drug-likeness (QED) is 0.519. The second-order valence-electron chi connectivity index (χ2n) is 2.99. The molecule has 1 aromatic rings. The van der Waals surface area contributed by atoms with Gasteiger partial charge in [-0.3, -0.25) is 0 Å². The van der Waals surface area contributed by atoms with Crippen LogP contribution in [0.15, 0.2) is 12.1 Å². The van der Waals surface area contributed by atoms with Crippen LogP contribution in [-0.2, 0) is 10.3 Å². The van der Waals surface area contributed by atoms with Crippen LogP contribution >= 0.6 is 23.2 Å². The molecule has 0 radical (unpaired) electrons. The highest BCUT2D eigenvalue weighted by Crippen LogP contribution is 2.40. The highest BCUT2D eigenvalue weighted by molar-refractivity contribution is 6.32. The molecule has 0 N–H and O–H groups in total. The van der Waals surface area contributed by atoms with Crippen molar-refractivity contribution in [3.63, 3.8) is 0 Å². The van der Waals surface area contributed by atoms with Crippen LogP contribution < -0.4 is 0 Å². The van der Waals surface area contributed by atoms with E-state index in [1.807, 2.05) is 13.0 Å². The fraction of sp³-hybridized carbons (Fsp3) is 0.375. The first kappa shape index (κ1) is 8.30. The third-order valence-electron chi connectivity index (χ3n) is 1.96. The summed E-state index contributed by atoms with van der Waals surface area (Å²) >= 11 is 11.5. The van der Waals surface area contributed by atoms with Crippen LogP contribution in [0.3, 0.4) is 0 Å². The topological polar surface area (TPSA) is 25.4 Å². The zero-order valence-electron chi connectivity index (χ0n) is 6.47. The summed E-state index contributed by atoms with van der Waals surface area (Å²) in [5, 5.41) is 0.843. The van der Waals surface area contributed by atoms with Gasteiger partial charge in [-0.05, 0) is 19.1 Å². The molecular formula is C8H7Cl2NO. The second kappa shape index (κ2) is 2.59. The van der Waals surface area contributed by atoms with Crippen molar-refractivity contribution in [1.82, 2.24) is 4.98 Å². The molecule has 2 nitrogen and oxygen atoms in total. The maximum absolute atomic E-state index is 5.88. The van der Waals surface area contributed by atoms with E-state index >= 15 is 0 Å². The Balaban J connectivity index is 2.45. The van der Waals surface area contributed by atoms with Crippen LogP contribution in [0.25, 0.3) is 0 Å². The van der Waals surface area contributed by atoms with E-state index in [9.17, 15) is 0 Å². The van der Waals surface area contributed by atoms with Crippen molar-refractivity contribution in [3.8, 4) is 0 Å². The largest absolute Gasteiger partial charge is 0.365 e. The van der Waals surface area contributed by atoms with Crippen LogP contribution in [-0.4, -0.2) is 11.6 Å². The predicted molar refractivity (Wildman–Crippen MR) is 47.6 cm³/mol. The Labute approximate surface area is 80.5 Å². The van der Waals surface area contributed by atoms with Crippen molar-refractivity contribution in [2.75, 3.05) is 6.61 Å². The van der Waals surface area contributed by atoms with E-state index in [2.05, 4.69) is 4.98 Å². The summed E-state index contributed by atoms with van der Waals surface area (Å²) in [6.45, 7) is 2.68. The molecule has 1 fully saturated rings. The number of nitrogens with zero attached hydrogens (tertiary/aromatic N) is 1. The number of aromatic nitrogens is 1. The number of rotatable bonds is 1. The third-order valence-corrected chi connectivity index (χ3v) is 2.46. The van der Waals surface area contributed by atoms with Crippen LogP contribution in [0, 0.1) is 0 Å². The van der Waals surface area contributed by atoms with E-state index < -0.39 is 0 Å². The van der Waals surface area contributed by atoms with Gasteiger partial charge in [0.15, 0.2) is 0 Å². The lowest BCUT2D eigenvalue weighted by molar-refractivity contribution is 0.329. The molecule has 1 saturated heterocycles. The number of ether oxygens (including phenoxy) is 1. The molecule has 1 aliphatic rings. The molecule has 0 amide bonds. The summed E-state index contributed by atoms with van der Waals surface area (Å²) in [5.74, 6) is 0. The highest BCUT2D eigenvalue weighted by atomic mass is 35.5. The van der Waals surface area contributed by atoms with Crippen molar-refractivity contribution in [2.24, 2.45) is 0 Å². The molecule has 1 aromatic heterocycles. The molecule has 4 heteroatoms. The Morgan fingerprint density at radius 2 is 2.17 bits per heavy atom. The zero-order chi connectivity index (χ0) is 8.77. The van der Waals surface area contributed by atoms with E-state index in [-0.39, 0.29) is 5.60 Å². The first-order valence-electron chi connectivity index (χ1n) is 3.58. The van der Waals surface area contributed by atoms with Crippen molar-refractivity contribution in [1.29, 1.82) is 0 Å². The Bertz CT molecular complexity index is 323. The molecule has 64 valence electrons. The molecule has 0 aliphatic carbocycles. The van der Waals surface area contributed by atoms with Gasteiger partial charge in [0.1, 0.15) is 15.9 Å². The average Bonchev–Trinajstić information content (AvgIpc) is 2.68. The summed E-state index contributed by atoms with van der Waals surface area (Å²) in [7, 11) is 0. The van der Waals surface area contributed by atoms with Gasteiger partial charge in [0.25, 0.3) is 0 Å².